The first kappa shape index (κ1) is 57.7. The minimum atomic E-state index is -1.73. The number of primary amides is 1. The van der Waals surface area contributed by atoms with Crippen molar-refractivity contribution in [2.45, 2.75) is 114 Å². The molecule has 18 N–H and O–H groups in total. The predicted molar refractivity (Wildman–Crippen MR) is 271 cm³/mol. The van der Waals surface area contributed by atoms with Crippen LogP contribution in [0, 0.1) is 11.8 Å². The number of nitrogens with zero attached hydrogens (tertiary/aromatic N) is 2. The van der Waals surface area contributed by atoms with E-state index in [1.807, 2.05) is 24.3 Å². The number of hydrogen-bond acceptors (Lipinski definition) is 12. The van der Waals surface area contributed by atoms with Gasteiger partial charge < -0.3 is 70.7 Å². The van der Waals surface area contributed by atoms with Gasteiger partial charge in [0.25, 0.3) is 0 Å². The van der Waals surface area contributed by atoms with E-state index < -0.39 is 114 Å². The summed E-state index contributed by atoms with van der Waals surface area (Å²) in [5.41, 5.74) is 29.9. The van der Waals surface area contributed by atoms with Crippen LogP contribution in [0.5, 0.6) is 0 Å². The van der Waals surface area contributed by atoms with Gasteiger partial charge in [0.15, 0.2) is 17.7 Å². The number of aliphatic hydroxyl groups excluding tert-OH is 1. The summed E-state index contributed by atoms with van der Waals surface area (Å²) in [6.07, 6.45) is 1.39. The molecule has 7 amide bonds. The summed E-state index contributed by atoms with van der Waals surface area (Å²) in [6.45, 7) is 0.415. The topological polar surface area (TPSA) is 417 Å². The van der Waals surface area contributed by atoms with Crippen molar-refractivity contribution in [3.63, 3.8) is 0 Å². The first-order valence-electron chi connectivity index (χ1n) is 24.3. The number of fused-ring (bicyclic) bond motifs is 1. The Morgan fingerprint density at radius 2 is 1.40 bits per heavy atom. The zero-order chi connectivity index (χ0) is 53.5. The summed E-state index contributed by atoms with van der Waals surface area (Å²) in [6, 6.07) is 8.89. The number of H-pyrrole nitrogens is 1. The molecule has 0 unspecified atom stereocenters. The minimum Gasteiger partial charge on any atom is -0.394 e. The zero-order valence-electron chi connectivity index (χ0n) is 41.0. The molecule has 2 heterocycles. The van der Waals surface area contributed by atoms with Crippen molar-refractivity contribution in [3.8, 4) is 0 Å². The molecule has 1 aliphatic rings. The molecule has 24 nitrogen and oxygen atoms in total. The van der Waals surface area contributed by atoms with Gasteiger partial charge in [-0.05, 0) is 75.0 Å². The maximum atomic E-state index is 14.6. The van der Waals surface area contributed by atoms with Crippen LogP contribution in [0.1, 0.15) is 82.3 Å². The summed E-state index contributed by atoms with van der Waals surface area (Å²) in [4.78, 5) is 135. The van der Waals surface area contributed by atoms with Crippen LogP contribution in [0.25, 0.3) is 10.9 Å². The lowest BCUT2D eigenvalue weighted by Crippen LogP contribution is -2.59. The molecule has 0 saturated carbocycles. The van der Waals surface area contributed by atoms with Crippen molar-refractivity contribution in [2.75, 3.05) is 26.2 Å². The Kier molecular flexibility index (Phi) is 23.3. The molecule has 0 aliphatic carbocycles. The Morgan fingerprint density at radius 1 is 0.740 bits per heavy atom. The van der Waals surface area contributed by atoms with Gasteiger partial charge >= 0.3 is 0 Å². The lowest BCUT2D eigenvalue weighted by Gasteiger charge is -2.26. The van der Waals surface area contributed by atoms with Crippen molar-refractivity contribution in [2.24, 2.45) is 50.5 Å². The van der Waals surface area contributed by atoms with Gasteiger partial charge in [-0.15, -0.1) is 0 Å². The summed E-state index contributed by atoms with van der Waals surface area (Å²) in [5.74, 6) is -9.24. The van der Waals surface area contributed by atoms with Crippen LogP contribution in [0.2, 0.25) is 0 Å². The summed E-state index contributed by atoms with van der Waals surface area (Å²) >= 11 is 0. The van der Waals surface area contributed by atoms with Crippen LogP contribution in [-0.4, -0.2) is 131 Å². The number of amides is 7. The number of aliphatic hydroxyl groups is 1. The largest absolute Gasteiger partial charge is 0.394 e. The van der Waals surface area contributed by atoms with Crippen LogP contribution in [-0.2, 0) is 56.0 Å². The molecule has 396 valence electrons. The van der Waals surface area contributed by atoms with Gasteiger partial charge in [-0.1, -0.05) is 48.5 Å². The molecule has 2 aromatic carbocycles. The second-order valence-corrected chi connectivity index (χ2v) is 18.0. The highest BCUT2D eigenvalue weighted by atomic mass is 16.3. The highest BCUT2D eigenvalue weighted by Gasteiger charge is 2.35. The monoisotopic (exact) mass is 1010 g/mol. The van der Waals surface area contributed by atoms with Gasteiger partial charge in [0, 0.05) is 68.3 Å². The number of hydrogen-bond donors (Lipinski definition) is 13. The second-order valence-electron chi connectivity index (χ2n) is 18.0. The number of aromatic amines is 1. The number of nitrogens with one attached hydrogen (secondary N) is 7. The van der Waals surface area contributed by atoms with Crippen molar-refractivity contribution in [1.29, 1.82) is 0 Å². The number of para-hydroxylation sites is 1. The summed E-state index contributed by atoms with van der Waals surface area (Å²) < 4.78 is 0. The highest BCUT2D eigenvalue weighted by molar-refractivity contribution is 5.99. The molecule has 24 heteroatoms. The third kappa shape index (κ3) is 19.7. The van der Waals surface area contributed by atoms with Crippen LogP contribution < -0.4 is 60.6 Å². The fraction of sp³-hybridized carbons (Fsp3) is 0.490. The van der Waals surface area contributed by atoms with Crippen molar-refractivity contribution < 1.29 is 48.3 Å². The summed E-state index contributed by atoms with van der Waals surface area (Å²) in [7, 11) is 0. The van der Waals surface area contributed by atoms with E-state index in [2.05, 4.69) is 46.9 Å². The van der Waals surface area contributed by atoms with Gasteiger partial charge in [0.2, 0.25) is 41.4 Å². The minimum absolute atomic E-state index is 0.0145. The third-order valence-corrected chi connectivity index (χ3v) is 12.2. The maximum absolute atomic E-state index is 14.6. The van der Waals surface area contributed by atoms with Crippen LogP contribution in [0.4, 0.5) is 0 Å². The molecule has 0 spiro atoms. The third-order valence-electron chi connectivity index (χ3n) is 12.2. The Bertz CT molecular complexity index is 2450. The molecule has 1 fully saturated rings. The second kappa shape index (κ2) is 29.5. The zero-order valence-corrected chi connectivity index (χ0v) is 41.0. The molecule has 4 rings (SSSR count). The van der Waals surface area contributed by atoms with Gasteiger partial charge in [0.05, 0.1) is 19.1 Å². The predicted octanol–water partition coefficient (Wildman–Crippen LogP) is -2.18. The number of ketones is 2. The number of guanidine groups is 2. The van der Waals surface area contributed by atoms with E-state index in [1.165, 1.54) is 6.92 Å². The Morgan fingerprint density at radius 3 is 2.07 bits per heavy atom. The molecule has 73 heavy (non-hydrogen) atoms. The number of aliphatic imine (C=N–C) groups is 2. The highest BCUT2D eigenvalue weighted by Crippen LogP contribution is 2.26. The molecule has 1 aliphatic heterocycles. The SMILES string of the molecule is CC(=O)N[C@@H](CCCN=C(N)N)C(=O)N[C@H]1CC(=O)NCCCC[C@@H](C(N)=O)NC(=O)[C@H](Cc2c[nH]c3ccccc23)CC(=O)[C@H](CCCN=C(N)N)CC(=O)[C@@H](Cc2ccccc2)NC(=O)[C@@H](CO)NC1=O. The number of carbonyl (C=O) groups is 9. The van der Waals surface area contributed by atoms with Gasteiger partial charge in [0.1, 0.15) is 30.0 Å². The first-order valence-corrected chi connectivity index (χ1v) is 24.3. The molecule has 0 bridgehead atoms. The van der Waals surface area contributed by atoms with Gasteiger partial charge in [-0.25, -0.2) is 0 Å². The van der Waals surface area contributed by atoms with Crippen molar-refractivity contribution in [3.05, 3.63) is 71.9 Å². The Balaban J connectivity index is 1.74. The molecule has 1 aromatic heterocycles. The van der Waals surface area contributed by atoms with Crippen LogP contribution in [0.15, 0.2) is 70.8 Å². The van der Waals surface area contributed by atoms with Gasteiger partial charge in [-0.3, -0.25) is 53.1 Å². The quantitative estimate of drug-likeness (QED) is 0.0389. The van der Waals surface area contributed by atoms with E-state index in [1.54, 1.807) is 36.5 Å². The maximum Gasteiger partial charge on any atom is 0.245 e. The molecule has 7 atom stereocenters. The standard InChI is InChI=1S/C49H70N14O10/c1-28(65)59-36(17-10-20-57-49(53)54)45(71)62-38-25-42(68)55-18-8-7-16-35(43(50)69)60-44(70)31(22-32-26-58-34-15-6-5-14-33(32)34)24-40(66)30(13-9-19-56-48(51)52)23-41(67)37(21-29-11-3-2-4-12-29)61-47(73)39(27-64)63-46(38)72/h2-6,11-12,14-15,26,30-31,35-39,58,64H,7-10,13,16-25,27H2,1H3,(H2,50,69)(H,55,68)(H,59,65)(H,60,70)(H,61,73)(H,62,71)(H,63,72)(H4,51,52,56)(H4,53,54,57)/t30-,31-,35+,36+,37-,38+,39-/m1/s1. The van der Waals surface area contributed by atoms with Crippen LogP contribution >= 0.6 is 0 Å². The average molecular weight is 1020 g/mol. The molecule has 3 aromatic rings. The van der Waals surface area contributed by atoms with E-state index in [9.17, 15) is 48.3 Å². The van der Waals surface area contributed by atoms with E-state index >= 15 is 0 Å². The first-order chi connectivity index (χ1) is 34.8. The summed E-state index contributed by atoms with van der Waals surface area (Å²) in [5, 5.41) is 26.7. The van der Waals surface area contributed by atoms with Crippen LogP contribution in [0.3, 0.4) is 0 Å². The molecular weight excluding hydrogens is 945 g/mol. The Labute approximate surface area is 422 Å². The number of benzene rings is 2. The van der Waals surface area contributed by atoms with Gasteiger partial charge in [-0.2, -0.15) is 0 Å². The fourth-order valence-corrected chi connectivity index (χ4v) is 8.41. The fourth-order valence-electron chi connectivity index (χ4n) is 8.41. The number of carbonyl (C=O) groups excluding carboxylic acids is 9. The normalized spacial score (nSPS) is 21.6. The van der Waals surface area contributed by atoms with E-state index in [-0.39, 0.29) is 95.8 Å². The number of rotatable bonds is 17. The van der Waals surface area contributed by atoms with Crippen molar-refractivity contribution in [1.82, 2.24) is 36.9 Å². The lowest BCUT2D eigenvalue weighted by molar-refractivity contribution is -0.136. The molecule has 1 saturated heterocycles. The van der Waals surface area contributed by atoms with E-state index in [4.69, 9.17) is 28.7 Å². The molecule has 0 radical (unpaired) electrons. The number of Topliss-reactive ketones (excluding diaryl/α,β-unsaturated/α-hetero) is 2. The number of nitrogens with two attached hydrogens (primary N) is 5. The van der Waals surface area contributed by atoms with E-state index in [0.29, 0.717) is 5.56 Å². The smallest absolute Gasteiger partial charge is 0.245 e. The molecular formula is C49H70N14O10. The van der Waals surface area contributed by atoms with Crippen molar-refractivity contribution >= 4 is 75.7 Å². The Hall–Kier alpha value is -7.89. The van der Waals surface area contributed by atoms with E-state index in [0.717, 1.165) is 16.5 Å². The average Bonchev–Trinajstić information content (AvgIpc) is 3.75. The number of aromatic nitrogens is 1. The lowest BCUT2D eigenvalue weighted by atomic mass is 9.83.